The van der Waals surface area contributed by atoms with E-state index in [-0.39, 0.29) is 29.3 Å². The third-order valence-corrected chi connectivity index (χ3v) is 4.57. The van der Waals surface area contributed by atoms with E-state index in [0.717, 1.165) is 11.0 Å². The van der Waals surface area contributed by atoms with E-state index < -0.39 is 0 Å². The van der Waals surface area contributed by atoms with Crippen LogP contribution in [0, 0.1) is 5.41 Å². The summed E-state index contributed by atoms with van der Waals surface area (Å²) in [5.74, 6) is -0.110. The number of carbonyl (C=O) groups is 1. The Balaban J connectivity index is 0.00000208. The lowest BCUT2D eigenvalue weighted by atomic mass is 10.1. The molecule has 0 saturated carbocycles. The molecule has 0 radical (unpaired) electrons. The number of aromatic nitrogens is 2. The summed E-state index contributed by atoms with van der Waals surface area (Å²) in [7, 11) is 0. The Bertz CT molecular complexity index is 962. The summed E-state index contributed by atoms with van der Waals surface area (Å²) in [5, 5.41) is 9.10. The zero-order valence-corrected chi connectivity index (χ0v) is 16.1. The predicted octanol–water partition coefficient (Wildman–Crippen LogP) is 4.71. The predicted molar refractivity (Wildman–Crippen MR) is 103 cm³/mol. The highest BCUT2D eigenvalue weighted by Crippen LogP contribution is 2.23. The number of halogens is 3. The Hall–Kier alpha value is -1.56. The molecule has 3 rings (SSSR count). The zero-order valence-electron chi connectivity index (χ0n) is 12.9. The van der Waals surface area contributed by atoms with Crippen LogP contribution >= 0.6 is 40.2 Å². The molecule has 3 aromatic rings. The van der Waals surface area contributed by atoms with Crippen molar-refractivity contribution in [3.05, 3.63) is 63.7 Å². The second-order valence-electron chi connectivity index (χ2n) is 5.19. The minimum atomic E-state index is -0.110. The molecule has 7 heteroatoms. The van der Waals surface area contributed by atoms with E-state index in [1.165, 1.54) is 0 Å². The molecule has 4 nitrogen and oxygen atoms in total. The SMILES string of the molecule is Br.CCn1c(=N)n(CC(=O)c2ccc(Cl)c(Cl)c2)c2ccccc21. The number of benzene rings is 2. The second kappa shape index (κ2) is 7.55. The third-order valence-electron chi connectivity index (χ3n) is 3.83. The van der Waals surface area contributed by atoms with E-state index in [1.54, 1.807) is 22.8 Å². The number of imidazole rings is 1. The molecule has 0 amide bonds. The highest BCUT2D eigenvalue weighted by molar-refractivity contribution is 8.93. The van der Waals surface area contributed by atoms with Crippen LogP contribution in [0.2, 0.25) is 10.0 Å². The molecule has 0 aliphatic rings. The molecule has 0 atom stereocenters. The number of hydrogen-bond acceptors (Lipinski definition) is 2. The molecule has 0 aliphatic heterocycles. The molecular formula is C17H16BrCl2N3O. The van der Waals surface area contributed by atoms with Gasteiger partial charge >= 0.3 is 0 Å². The fourth-order valence-corrected chi connectivity index (χ4v) is 2.98. The molecular weight excluding hydrogens is 413 g/mol. The topological polar surface area (TPSA) is 50.8 Å². The summed E-state index contributed by atoms with van der Waals surface area (Å²) in [5.41, 5.74) is 2.61. The summed E-state index contributed by atoms with van der Waals surface area (Å²) in [4.78, 5) is 12.6. The first-order valence-corrected chi connectivity index (χ1v) is 7.99. The fraction of sp³-hybridized carbons (Fsp3) is 0.176. The Labute approximate surface area is 159 Å². The maximum absolute atomic E-state index is 12.6. The Morgan fingerprint density at radius 3 is 2.25 bits per heavy atom. The third kappa shape index (κ3) is 3.29. The number of nitrogens with zero attached hydrogens (tertiary/aromatic N) is 2. The van der Waals surface area contributed by atoms with Crippen molar-refractivity contribution in [1.29, 1.82) is 5.41 Å². The smallest absolute Gasteiger partial charge is 0.203 e. The van der Waals surface area contributed by atoms with Crippen LogP contribution in [0.3, 0.4) is 0 Å². The van der Waals surface area contributed by atoms with Crippen LogP contribution in [-0.2, 0) is 13.1 Å². The van der Waals surface area contributed by atoms with E-state index >= 15 is 0 Å². The highest BCUT2D eigenvalue weighted by atomic mass is 79.9. The molecule has 0 saturated heterocycles. The standard InChI is InChI=1S/C17H15Cl2N3O.BrH/c1-2-21-14-5-3-4-6-15(14)22(17(21)20)10-16(23)11-7-8-12(18)13(19)9-11;/h3-9,20H,2,10H2,1H3;1H. The lowest BCUT2D eigenvalue weighted by molar-refractivity contribution is 0.0971. The molecule has 1 aromatic heterocycles. The van der Waals surface area contributed by atoms with Crippen LogP contribution < -0.4 is 5.62 Å². The number of ketones is 1. The van der Waals surface area contributed by atoms with E-state index in [9.17, 15) is 4.79 Å². The quantitative estimate of drug-likeness (QED) is 0.601. The van der Waals surface area contributed by atoms with Crippen molar-refractivity contribution in [3.8, 4) is 0 Å². The molecule has 0 aliphatic carbocycles. The molecule has 0 unspecified atom stereocenters. The van der Waals surface area contributed by atoms with Crippen molar-refractivity contribution in [3.63, 3.8) is 0 Å². The molecule has 126 valence electrons. The number of nitrogens with one attached hydrogen (secondary N) is 1. The average Bonchev–Trinajstić information content (AvgIpc) is 2.82. The number of aryl methyl sites for hydroxylation is 1. The van der Waals surface area contributed by atoms with Crippen LogP contribution in [0.5, 0.6) is 0 Å². The van der Waals surface area contributed by atoms with Crippen LogP contribution in [0.25, 0.3) is 11.0 Å². The molecule has 0 fully saturated rings. The molecule has 1 heterocycles. The molecule has 1 N–H and O–H groups in total. The van der Waals surface area contributed by atoms with E-state index in [4.69, 9.17) is 28.6 Å². The van der Waals surface area contributed by atoms with Crippen molar-refractivity contribution in [2.75, 3.05) is 0 Å². The van der Waals surface area contributed by atoms with Crippen molar-refractivity contribution in [1.82, 2.24) is 9.13 Å². The van der Waals surface area contributed by atoms with Crippen LogP contribution in [0.4, 0.5) is 0 Å². The lowest BCUT2D eigenvalue weighted by Crippen LogP contribution is -2.27. The van der Waals surface area contributed by atoms with Gasteiger partial charge in [-0.15, -0.1) is 17.0 Å². The van der Waals surface area contributed by atoms with Gasteiger partial charge in [-0.05, 0) is 37.3 Å². The van der Waals surface area contributed by atoms with Crippen molar-refractivity contribution in [2.24, 2.45) is 0 Å². The molecule has 24 heavy (non-hydrogen) atoms. The second-order valence-corrected chi connectivity index (χ2v) is 6.01. The van der Waals surface area contributed by atoms with E-state index in [2.05, 4.69) is 0 Å². The van der Waals surface area contributed by atoms with E-state index in [1.807, 2.05) is 35.8 Å². The maximum atomic E-state index is 12.6. The van der Waals surface area contributed by atoms with Gasteiger partial charge < -0.3 is 9.13 Å². The lowest BCUT2D eigenvalue weighted by Gasteiger charge is -2.05. The Kier molecular flexibility index (Phi) is 5.91. The van der Waals surface area contributed by atoms with Crippen molar-refractivity contribution >= 4 is 57.0 Å². The summed E-state index contributed by atoms with van der Waals surface area (Å²) >= 11 is 11.9. The van der Waals surface area contributed by atoms with Gasteiger partial charge in [0.15, 0.2) is 5.78 Å². The average molecular weight is 429 g/mol. The first-order valence-electron chi connectivity index (χ1n) is 7.24. The number of fused-ring (bicyclic) bond motifs is 1. The van der Waals surface area contributed by atoms with Gasteiger partial charge in [0.25, 0.3) is 0 Å². The van der Waals surface area contributed by atoms with Gasteiger partial charge in [-0.2, -0.15) is 0 Å². The van der Waals surface area contributed by atoms with Crippen molar-refractivity contribution < 1.29 is 4.79 Å². The number of carbonyl (C=O) groups excluding carboxylic acids is 1. The van der Waals surface area contributed by atoms with Crippen LogP contribution in [0.1, 0.15) is 17.3 Å². The number of para-hydroxylation sites is 2. The van der Waals surface area contributed by atoms with Crippen molar-refractivity contribution in [2.45, 2.75) is 20.0 Å². The van der Waals surface area contributed by atoms with E-state index in [0.29, 0.717) is 27.8 Å². The first kappa shape index (κ1) is 18.8. The summed E-state index contributed by atoms with van der Waals surface area (Å²) in [6.45, 7) is 2.74. The summed E-state index contributed by atoms with van der Waals surface area (Å²) in [6, 6.07) is 12.5. The Morgan fingerprint density at radius 2 is 1.67 bits per heavy atom. The monoisotopic (exact) mass is 427 g/mol. The van der Waals surface area contributed by atoms with Gasteiger partial charge in [0.05, 0.1) is 27.6 Å². The maximum Gasteiger partial charge on any atom is 0.203 e. The number of Topliss-reactive ketones (excluding diaryl/α,β-unsaturated/α-hetero) is 1. The van der Waals surface area contributed by atoms with Gasteiger partial charge in [0.1, 0.15) is 0 Å². The summed E-state index contributed by atoms with van der Waals surface area (Å²) < 4.78 is 3.58. The minimum absolute atomic E-state index is 0. The minimum Gasteiger partial charge on any atom is -0.311 e. The normalized spacial score (nSPS) is 10.6. The van der Waals surface area contributed by atoms with Crippen LogP contribution in [0.15, 0.2) is 42.5 Å². The largest absolute Gasteiger partial charge is 0.311 e. The molecule has 0 bridgehead atoms. The summed E-state index contributed by atoms with van der Waals surface area (Å²) in [6.07, 6.45) is 0. The van der Waals surface area contributed by atoms with Gasteiger partial charge in [-0.3, -0.25) is 10.2 Å². The number of rotatable bonds is 4. The highest BCUT2D eigenvalue weighted by Gasteiger charge is 2.14. The first-order chi connectivity index (χ1) is 11.0. The van der Waals surface area contributed by atoms with Gasteiger partial charge in [0.2, 0.25) is 5.62 Å². The molecule has 2 aromatic carbocycles. The van der Waals surface area contributed by atoms with Gasteiger partial charge in [-0.25, -0.2) is 0 Å². The van der Waals surface area contributed by atoms with Gasteiger partial charge in [0, 0.05) is 12.1 Å². The van der Waals surface area contributed by atoms with Crippen LogP contribution in [-0.4, -0.2) is 14.9 Å². The van der Waals surface area contributed by atoms with Gasteiger partial charge in [-0.1, -0.05) is 35.3 Å². The zero-order chi connectivity index (χ0) is 16.6. The number of hydrogen-bond donors (Lipinski definition) is 1. The fourth-order valence-electron chi connectivity index (χ4n) is 2.68. The molecule has 0 spiro atoms. The Morgan fingerprint density at radius 1 is 1.04 bits per heavy atom.